The van der Waals surface area contributed by atoms with Crippen LogP contribution in [-0.4, -0.2) is 71.3 Å². The molecule has 0 bridgehead atoms. The minimum atomic E-state index is -0.116. The number of benzene rings is 1. The van der Waals surface area contributed by atoms with Gasteiger partial charge in [0.1, 0.15) is 11.4 Å². The molecule has 0 saturated carbocycles. The molecule has 2 amide bonds. The first-order valence-electron chi connectivity index (χ1n) is 10.1. The third kappa shape index (κ3) is 4.59. The SMILES string of the molecule is O=C(c1cc([C@@H]2CCCCN2C(=O)COc2ccccc2)[nH]n1)N1CCOCC1. The van der Waals surface area contributed by atoms with Crippen LogP contribution >= 0.6 is 0 Å². The highest BCUT2D eigenvalue weighted by molar-refractivity contribution is 5.92. The summed E-state index contributed by atoms with van der Waals surface area (Å²) in [7, 11) is 0. The van der Waals surface area contributed by atoms with Crippen molar-refractivity contribution in [1.29, 1.82) is 0 Å². The molecule has 29 heavy (non-hydrogen) atoms. The van der Waals surface area contributed by atoms with Gasteiger partial charge in [-0.1, -0.05) is 18.2 Å². The number of ether oxygens (including phenoxy) is 2. The van der Waals surface area contributed by atoms with Crippen LogP contribution in [0.25, 0.3) is 0 Å². The van der Waals surface area contributed by atoms with E-state index in [-0.39, 0.29) is 24.5 Å². The summed E-state index contributed by atoms with van der Waals surface area (Å²) in [6, 6.07) is 11.0. The Hall–Kier alpha value is -2.87. The van der Waals surface area contributed by atoms with E-state index < -0.39 is 0 Å². The zero-order chi connectivity index (χ0) is 20.1. The van der Waals surface area contributed by atoms with Gasteiger partial charge in [-0.3, -0.25) is 14.7 Å². The molecule has 2 aliphatic rings. The van der Waals surface area contributed by atoms with Crippen LogP contribution < -0.4 is 4.74 Å². The maximum Gasteiger partial charge on any atom is 0.274 e. The predicted molar refractivity (Wildman–Crippen MR) is 106 cm³/mol. The summed E-state index contributed by atoms with van der Waals surface area (Å²) in [6.45, 7) is 2.92. The third-order valence-corrected chi connectivity index (χ3v) is 5.40. The van der Waals surface area contributed by atoms with Crippen LogP contribution in [-0.2, 0) is 9.53 Å². The van der Waals surface area contributed by atoms with E-state index in [2.05, 4.69) is 10.2 Å². The highest BCUT2D eigenvalue weighted by atomic mass is 16.5. The number of rotatable bonds is 5. The highest BCUT2D eigenvalue weighted by Gasteiger charge is 2.31. The molecule has 0 spiro atoms. The molecule has 1 aromatic heterocycles. The summed E-state index contributed by atoms with van der Waals surface area (Å²) in [5.41, 5.74) is 1.19. The molecule has 1 aromatic carbocycles. The minimum Gasteiger partial charge on any atom is -0.484 e. The lowest BCUT2D eigenvalue weighted by Crippen LogP contribution is -2.41. The Morgan fingerprint density at radius 1 is 1.14 bits per heavy atom. The number of hydrogen-bond acceptors (Lipinski definition) is 5. The van der Waals surface area contributed by atoms with Crippen molar-refractivity contribution in [2.45, 2.75) is 25.3 Å². The van der Waals surface area contributed by atoms with Gasteiger partial charge in [-0.2, -0.15) is 5.10 Å². The smallest absolute Gasteiger partial charge is 0.274 e. The van der Waals surface area contributed by atoms with Gasteiger partial charge in [-0.05, 0) is 37.5 Å². The number of amides is 2. The van der Waals surface area contributed by atoms with E-state index in [1.54, 1.807) is 11.0 Å². The summed E-state index contributed by atoms with van der Waals surface area (Å²) in [4.78, 5) is 29.1. The molecule has 8 heteroatoms. The number of nitrogens with zero attached hydrogens (tertiary/aromatic N) is 3. The van der Waals surface area contributed by atoms with Gasteiger partial charge in [0, 0.05) is 19.6 Å². The zero-order valence-electron chi connectivity index (χ0n) is 16.4. The van der Waals surface area contributed by atoms with Crippen LogP contribution in [0, 0.1) is 0 Å². The second-order valence-corrected chi connectivity index (χ2v) is 7.31. The normalized spacial score (nSPS) is 19.8. The molecule has 0 radical (unpaired) electrons. The van der Waals surface area contributed by atoms with Crippen molar-refractivity contribution >= 4 is 11.8 Å². The van der Waals surface area contributed by atoms with E-state index in [1.165, 1.54) is 0 Å². The lowest BCUT2D eigenvalue weighted by atomic mass is 9.99. The van der Waals surface area contributed by atoms with Crippen molar-refractivity contribution in [3.63, 3.8) is 0 Å². The number of morpholine rings is 1. The third-order valence-electron chi connectivity index (χ3n) is 5.40. The second-order valence-electron chi connectivity index (χ2n) is 7.31. The van der Waals surface area contributed by atoms with E-state index >= 15 is 0 Å². The molecule has 4 rings (SSSR count). The number of H-pyrrole nitrogens is 1. The van der Waals surface area contributed by atoms with Gasteiger partial charge in [0.25, 0.3) is 11.8 Å². The van der Waals surface area contributed by atoms with Gasteiger partial charge in [0.2, 0.25) is 0 Å². The zero-order valence-corrected chi connectivity index (χ0v) is 16.4. The second kappa shape index (κ2) is 9.09. The molecule has 2 aromatic rings. The number of hydrogen-bond donors (Lipinski definition) is 1. The molecular formula is C21H26N4O4. The molecule has 154 valence electrons. The average molecular weight is 398 g/mol. The van der Waals surface area contributed by atoms with E-state index in [9.17, 15) is 9.59 Å². The number of aromatic amines is 1. The average Bonchev–Trinajstić information content (AvgIpc) is 3.28. The van der Waals surface area contributed by atoms with Crippen LogP contribution in [0.4, 0.5) is 0 Å². The summed E-state index contributed by atoms with van der Waals surface area (Å²) >= 11 is 0. The van der Waals surface area contributed by atoms with Crippen LogP contribution in [0.1, 0.15) is 41.5 Å². The van der Waals surface area contributed by atoms with Crippen LogP contribution in [0.15, 0.2) is 36.4 Å². The van der Waals surface area contributed by atoms with Gasteiger partial charge in [0.15, 0.2) is 6.61 Å². The molecular weight excluding hydrogens is 372 g/mol. The van der Waals surface area contributed by atoms with E-state index in [4.69, 9.17) is 9.47 Å². The topological polar surface area (TPSA) is 87.8 Å². The maximum atomic E-state index is 12.8. The van der Waals surface area contributed by atoms with Crippen molar-refractivity contribution in [2.24, 2.45) is 0 Å². The first kappa shape index (κ1) is 19.4. The molecule has 8 nitrogen and oxygen atoms in total. The van der Waals surface area contributed by atoms with Gasteiger partial charge in [-0.15, -0.1) is 0 Å². The molecule has 0 aliphatic carbocycles. The monoisotopic (exact) mass is 398 g/mol. The molecule has 0 unspecified atom stereocenters. The van der Waals surface area contributed by atoms with E-state index in [0.717, 1.165) is 25.0 Å². The molecule has 1 atom stereocenters. The quantitative estimate of drug-likeness (QED) is 0.833. The number of likely N-dealkylation sites (tertiary alicyclic amines) is 1. The maximum absolute atomic E-state index is 12.8. The summed E-state index contributed by atoms with van der Waals surface area (Å²) in [5.74, 6) is 0.514. The lowest BCUT2D eigenvalue weighted by molar-refractivity contribution is -0.137. The Morgan fingerprint density at radius 2 is 1.93 bits per heavy atom. The van der Waals surface area contributed by atoms with Crippen molar-refractivity contribution < 1.29 is 19.1 Å². The Labute approximate surface area is 169 Å². The number of nitrogens with one attached hydrogen (secondary N) is 1. The summed E-state index contributed by atoms with van der Waals surface area (Å²) in [6.07, 6.45) is 2.82. The highest BCUT2D eigenvalue weighted by Crippen LogP contribution is 2.30. The fraction of sp³-hybridized carbons (Fsp3) is 0.476. The first-order valence-corrected chi connectivity index (χ1v) is 10.1. The predicted octanol–water partition coefficient (Wildman–Crippen LogP) is 2.01. The molecule has 2 aliphatic heterocycles. The van der Waals surface area contributed by atoms with Gasteiger partial charge >= 0.3 is 0 Å². The van der Waals surface area contributed by atoms with Crippen molar-refractivity contribution in [2.75, 3.05) is 39.5 Å². The van der Waals surface area contributed by atoms with Gasteiger partial charge in [0.05, 0.1) is 24.9 Å². The fourth-order valence-electron chi connectivity index (χ4n) is 3.84. The standard InChI is InChI=1S/C21H26N4O4/c26-20(15-29-16-6-2-1-3-7-16)25-9-5-4-8-19(25)17-14-18(23-22-17)21(27)24-10-12-28-13-11-24/h1-3,6-7,14,19H,4-5,8-13,15H2,(H,22,23)/t19-/m0/s1. The van der Waals surface area contributed by atoms with E-state index in [1.807, 2.05) is 35.2 Å². The van der Waals surface area contributed by atoms with Gasteiger partial charge < -0.3 is 19.3 Å². The largest absolute Gasteiger partial charge is 0.484 e. The molecule has 3 heterocycles. The van der Waals surface area contributed by atoms with Crippen LogP contribution in [0.5, 0.6) is 5.75 Å². The van der Waals surface area contributed by atoms with E-state index in [0.29, 0.717) is 44.3 Å². The molecule has 2 fully saturated rings. The summed E-state index contributed by atoms with van der Waals surface area (Å²) in [5, 5.41) is 7.22. The number of carbonyl (C=O) groups excluding carboxylic acids is 2. The Balaban J connectivity index is 1.42. The number of piperidine rings is 1. The minimum absolute atomic E-state index is 0.00574. The van der Waals surface area contributed by atoms with Crippen LogP contribution in [0.2, 0.25) is 0 Å². The molecule has 1 N–H and O–H groups in total. The van der Waals surface area contributed by atoms with Crippen LogP contribution in [0.3, 0.4) is 0 Å². The lowest BCUT2D eigenvalue weighted by Gasteiger charge is -2.35. The Bertz CT molecular complexity index is 832. The van der Waals surface area contributed by atoms with Crippen molar-refractivity contribution in [1.82, 2.24) is 20.0 Å². The number of para-hydroxylation sites is 1. The number of carbonyl (C=O) groups is 2. The van der Waals surface area contributed by atoms with Crippen molar-refractivity contribution in [3.05, 3.63) is 47.8 Å². The van der Waals surface area contributed by atoms with Gasteiger partial charge in [-0.25, -0.2) is 0 Å². The summed E-state index contributed by atoms with van der Waals surface area (Å²) < 4.78 is 10.9. The fourth-order valence-corrected chi connectivity index (χ4v) is 3.84. The Morgan fingerprint density at radius 3 is 2.72 bits per heavy atom. The number of aromatic nitrogens is 2. The Kier molecular flexibility index (Phi) is 6.09. The molecule has 2 saturated heterocycles. The first-order chi connectivity index (χ1) is 14.2. The van der Waals surface area contributed by atoms with Crippen molar-refractivity contribution in [3.8, 4) is 5.75 Å².